The van der Waals surface area contributed by atoms with E-state index in [2.05, 4.69) is 46.4 Å². The summed E-state index contributed by atoms with van der Waals surface area (Å²) in [5, 5.41) is 9.66. The molecule has 0 atom stereocenters. The van der Waals surface area contributed by atoms with E-state index in [-0.39, 0.29) is 5.56 Å². The Bertz CT molecular complexity index is 1420. The Morgan fingerprint density at radius 1 is 1.06 bits per heavy atom. The molecule has 5 aromatic rings. The minimum atomic E-state index is -0.106. The summed E-state index contributed by atoms with van der Waals surface area (Å²) in [5.41, 5.74) is 4.08. The van der Waals surface area contributed by atoms with Crippen LogP contribution in [0.2, 0.25) is 0 Å². The molecule has 0 bridgehead atoms. The molecule has 0 saturated carbocycles. The van der Waals surface area contributed by atoms with Crippen molar-refractivity contribution in [2.45, 2.75) is 24.8 Å². The summed E-state index contributed by atoms with van der Waals surface area (Å²) >= 11 is 3.05. The van der Waals surface area contributed by atoms with E-state index >= 15 is 0 Å². The number of para-hydroxylation sites is 1. The first-order valence-corrected chi connectivity index (χ1v) is 11.6. The van der Waals surface area contributed by atoms with E-state index in [0.717, 1.165) is 31.7 Å². The van der Waals surface area contributed by atoms with Crippen LogP contribution in [-0.2, 0) is 5.75 Å². The van der Waals surface area contributed by atoms with E-state index in [9.17, 15) is 4.79 Å². The van der Waals surface area contributed by atoms with E-state index in [1.165, 1.54) is 17.3 Å². The first-order valence-electron chi connectivity index (χ1n) is 9.78. The first kappa shape index (κ1) is 19.7. The lowest BCUT2D eigenvalue weighted by molar-refractivity contribution is 0.881. The van der Waals surface area contributed by atoms with Crippen LogP contribution in [0.5, 0.6) is 0 Å². The number of hydrogen-bond donors (Lipinski definition) is 1. The van der Waals surface area contributed by atoms with Crippen molar-refractivity contribution in [2.75, 3.05) is 0 Å². The van der Waals surface area contributed by atoms with Gasteiger partial charge in [-0.1, -0.05) is 59.8 Å². The molecule has 3 aromatic heterocycles. The smallest absolute Gasteiger partial charge is 0.260 e. The molecule has 154 valence electrons. The zero-order valence-electron chi connectivity index (χ0n) is 17.0. The van der Waals surface area contributed by atoms with Crippen LogP contribution < -0.4 is 5.56 Å². The topological polar surface area (TPSA) is 76.5 Å². The molecular weight excluding hydrogens is 426 g/mol. The summed E-state index contributed by atoms with van der Waals surface area (Å²) < 4.78 is 1.92. The summed E-state index contributed by atoms with van der Waals surface area (Å²) in [5.74, 6) is 1.12. The molecule has 0 aliphatic carbocycles. The van der Waals surface area contributed by atoms with Gasteiger partial charge in [-0.2, -0.15) is 0 Å². The van der Waals surface area contributed by atoms with Gasteiger partial charge in [0.05, 0.1) is 11.1 Å². The van der Waals surface area contributed by atoms with E-state index < -0.39 is 0 Å². The number of fused-ring (bicyclic) bond motifs is 1. The van der Waals surface area contributed by atoms with Crippen molar-refractivity contribution in [3.8, 4) is 16.8 Å². The zero-order valence-corrected chi connectivity index (χ0v) is 18.6. The predicted octanol–water partition coefficient (Wildman–Crippen LogP) is 5.14. The fraction of sp³-hybridized carbons (Fsp3) is 0.130. The van der Waals surface area contributed by atoms with Crippen molar-refractivity contribution in [1.29, 1.82) is 0 Å². The summed E-state index contributed by atoms with van der Waals surface area (Å²) in [6, 6.07) is 18.2. The molecule has 0 aliphatic heterocycles. The van der Waals surface area contributed by atoms with Gasteiger partial charge in [-0.3, -0.25) is 9.36 Å². The molecule has 0 aliphatic rings. The number of aromatic amines is 1. The summed E-state index contributed by atoms with van der Waals surface area (Å²) in [6.45, 7) is 4.09. The van der Waals surface area contributed by atoms with Gasteiger partial charge in [0.2, 0.25) is 0 Å². The van der Waals surface area contributed by atoms with Gasteiger partial charge in [-0.05, 0) is 31.5 Å². The molecule has 0 radical (unpaired) electrons. The van der Waals surface area contributed by atoms with Crippen molar-refractivity contribution in [3.05, 3.63) is 87.5 Å². The highest BCUT2D eigenvalue weighted by Gasteiger charge is 2.17. The Labute approximate surface area is 187 Å². The molecule has 0 fully saturated rings. The Kier molecular flexibility index (Phi) is 5.17. The van der Waals surface area contributed by atoms with E-state index in [1.54, 1.807) is 17.7 Å². The fourth-order valence-corrected chi connectivity index (χ4v) is 5.38. The predicted molar refractivity (Wildman–Crippen MR) is 126 cm³/mol. The second kappa shape index (κ2) is 8.13. The van der Waals surface area contributed by atoms with Gasteiger partial charge in [-0.25, -0.2) is 4.98 Å². The molecular formula is C23H19N5OS2. The number of rotatable bonds is 5. The summed E-state index contributed by atoms with van der Waals surface area (Å²) in [7, 11) is 0. The van der Waals surface area contributed by atoms with Gasteiger partial charge < -0.3 is 4.98 Å². The molecule has 0 saturated heterocycles. The van der Waals surface area contributed by atoms with Crippen molar-refractivity contribution in [2.24, 2.45) is 0 Å². The number of aryl methyl sites for hydroxylation is 2. The Hall–Kier alpha value is -3.23. The Morgan fingerprint density at radius 3 is 2.61 bits per heavy atom. The summed E-state index contributed by atoms with van der Waals surface area (Å²) in [6.07, 6.45) is 1.69. The van der Waals surface area contributed by atoms with Gasteiger partial charge in [-0.15, -0.1) is 21.5 Å². The third-order valence-corrected chi connectivity index (χ3v) is 6.97. The van der Waals surface area contributed by atoms with Crippen LogP contribution in [0.3, 0.4) is 0 Å². The number of aromatic nitrogens is 5. The molecule has 0 unspecified atom stereocenters. The van der Waals surface area contributed by atoms with E-state index in [0.29, 0.717) is 17.0 Å². The van der Waals surface area contributed by atoms with Crippen LogP contribution in [-0.4, -0.2) is 24.7 Å². The number of hydrogen-bond acceptors (Lipinski definition) is 6. The van der Waals surface area contributed by atoms with Crippen molar-refractivity contribution in [3.63, 3.8) is 0 Å². The SMILES string of the molecule is Cc1ccc(-c2c(C)sc3nc(CSc4nncn4-c4ccccc4)[nH]c(=O)c23)cc1. The second-order valence-electron chi connectivity index (χ2n) is 7.20. The van der Waals surface area contributed by atoms with Gasteiger partial charge in [0, 0.05) is 16.1 Å². The van der Waals surface area contributed by atoms with Gasteiger partial charge in [0.25, 0.3) is 5.56 Å². The molecule has 31 heavy (non-hydrogen) atoms. The van der Waals surface area contributed by atoms with Gasteiger partial charge in [0.1, 0.15) is 17.0 Å². The molecule has 5 rings (SSSR count). The minimum Gasteiger partial charge on any atom is -0.309 e. The van der Waals surface area contributed by atoms with Crippen LogP contribution in [0.4, 0.5) is 0 Å². The lowest BCUT2D eigenvalue weighted by atomic mass is 10.0. The molecule has 6 nitrogen and oxygen atoms in total. The number of nitrogens with zero attached hydrogens (tertiary/aromatic N) is 4. The van der Waals surface area contributed by atoms with Gasteiger partial charge >= 0.3 is 0 Å². The number of nitrogens with one attached hydrogen (secondary N) is 1. The Balaban J connectivity index is 1.46. The molecule has 1 N–H and O–H groups in total. The highest BCUT2D eigenvalue weighted by atomic mass is 32.2. The van der Waals surface area contributed by atoms with Crippen LogP contribution in [0.1, 0.15) is 16.3 Å². The van der Waals surface area contributed by atoms with Crippen LogP contribution in [0, 0.1) is 13.8 Å². The maximum atomic E-state index is 13.0. The minimum absolute atomic E-state index is 0.106. The van der Waals surface area contributed by atoms with E-state index in [1.807, 2.05) is 41.8 Å². The normalized spacial score (nSPS) is 11.3. The average molecular weight is 446 g/mol. The van der Waals surface area contributed by atoms with Crippen LogP contribution >= 0.6 is 23.1 Å². The first-order chi connectivity index (χ1) is 15.1. The van der Waals surface area contributed by atoms with Crippen molar-refractivity contribution < 1.29 is 0 Å². The summed E-state index contributed by atoms with van der Waals surface area (Å²) in [4.78, 5) is 22.6. The molecule has 8 heteroatoms. The lowest BCUT2D eigenvalue weighted by Crippen LogP contribution is -2.11. The number of H-pyrrole nitrogens is 1. The van der Waals surface area contributed by atoms with Crippen molar-refractivity contribution in [1.82, 2.24) is 24.7 Å². The molecule has 0 spiro atoms. The average Bonchev–Trinajstić information content (AvgIpc) is 3.37. The second-order valence-corrected chi connectivity index (χ2v) is 9.35. The fourth-order valence-electron chi connectivity index (χ4n) is 3.52. The number of benzene rings is 2. The highest BCUT2D eigenvalue weighted by molar-refractivity contribution is 7.98. The highest BCUT2D eigenvalue weighted by Crippen LogP contribution is 2.36. The maximum absolute atomic E-state index is 13.0. The number of thioether (sulfide) groups is 1. The number of thiophene rings is 1. The van der Waals surface area contributed by atoms with Gasteiger partial charge in [0.15, 0.2) is 5.16 Å². The van der Waals surface area contributed by atoms with Crippen LogP contribution in [0.15, 0.2) is 70.9 Å². The standard InChI is InChI=1S/C23H19N5OS2/c1-14-8-10-16(11-9-14)19-15(2)31-22-20(19)21(29)25-18(26-22)12-30-23-27-24-13-28(23)17-6-4-3-5-7-17/h3-11,13H,12H2,1-2H3,(H,25,26,29). The largest absolute Gasteiger partial charge is 0.309 e. The molecule has 2 aromatic carbocycles. The maximum Gasteiger partial charge on any atom is 0.260 e. The molecule has 0 amide bonds. The monoisotopic (exact) mass is 445 g/mol. The van der Waals surface area contributed by atoms with E-state index in [4.69, 9.17) is 4.98 Å². The van der Waals surface area contributed by atoms with Crippen LogP contribution in [0.25, 0.3) is 27.0 Å². The lowest BCUT2D eigenvalue weighted by Gasteiger charge is -2.06. The molecule has 3 heterocycles. The third-order valence-electron chi connectivity index (χ3n) is 5.02. The Morgan fingerprint density at radius 2 is 1.84 bits per heavy atom. The zero-order chi connectivity index (χ0) is 21.4. The third kappa shape index (κ3) is 3.80. The van der Waals surface area contributed by atoms with Crippen molar-refractivity contribution >= 4 is 33.3 Å². The quantitative estimate of drug-likeness (QED) is 0.379.